The standard InChI is InChI=1S/C15H10F6O8S2/c1-2-27-13(22)10-6-8-4-3-5-11(28-30(23,24)14(16,17)18)9(8)7-12(10)29-31(25,26)15(19,20)21/h3-7H,2H2,1H3. The molecule has 0 N–H and O–H groups in total. The van der Waals surface area contributed by atoms with Crippen LogP contribution in [0.3, 0.4) is 0 Å². The van der Waals surface area contributed by atoms with E-state index in [9.17, 15) is 48.0 Å². The summed E-state index contributed by atoms with van der Waals surface area (Å²) < 4.78 is 134. The maximum absolute atomic E-state index is 12.7. The first kappa shape index (κ1) is 24.5. The van der Waals surface area contributed by atoms with Gasteiger partial charge in [0.15, 0.2) is 11.5 Å². The van der Waals surface area contributed by atoms with Crippen LogP contribution in [0.1, 0.15) is 17.3 Å². The normalized spacial score (nSPS) is 13.1. The third-order valence-corrected chi connectivity index (χ3v) is 5.33. The molecule has 2 aromatic carbocycles. The lowest BCUT2D eigenvalue weighted by Gasteiger charge is -2.15. The largest absolute Gasteiger partial charge is 0.534 e. The Balaban J connectivity index is 2.75. The number of carbonyl (C=O) groups excluding carboxylic acids is 1. The van der Waals surface area contributed by atoms with Gasteiger partial charge in [-0.25, -0.2) is 4.79 Å². The Morgan fingerprint density at radius 1 is 0.871 bits per heavy atom. The van der Waals surface area contributed by atoms with Crippen LogP contribution < -0.4 is 8.37 Å². The smallest absolute Gasteiger partial charge is 0.462 e. The lowest BCUT2D eigenvalue weighted by molar-refractivity contribution is -0.0505. The quantitative estimate of drug-likeness (QED) is 0.259. The number of halogens is 6. The summed E-state index contributed by atoms with van der Waals surface area (Å²) in [5.41, 5.74) is -12.6. The number of hydrogen-bond acceptors (Lipinski definition) is 8. The summed E-state index contributed by atoms with van der Waals surface area (Å²) in [5.74, 6) is -3.60. The van der Waals surface area contributed by atoms with Gasteiger partial charge in [0.05, 0.1) is 6.61 Å². The molecule has 0 aliphatic rings. The third kappa shape index (κ3) is 5.12. The summed E-state index contributed by atoms with van der Waals surface area (Å²) in [6, 6.07) is 4.02. The SMILES string of the molecule is CCOC(=O)c1cc2cccc(OS(=O)(=O)C(F)(F)F)c2cc1OS(=O)(=O)C(F)(F)F. The Morgan fingerprint density at radius 2 is 1.39 bits per heavy atom. The number of alkyl halides is 6. The number of hydrogen-bond donors (Lipinski definition) is 0. The zero-order chi connectivity index (χ0) is 23.8. The minimum absolute atomic E-state index is 0.199. The van der Waals surface area contributed by atoms with E-state index in [1.54, 1.807) is 0 Å². The Labute approximate surface area is 170 Å². The molecule has 0 aliphatic heterocycles. The maximum Gasteiger partial charge on any atom is 0.534 e. The molecule has 0 saturated heterocycles. The van der Waals surface area contributed by atoms with Crippen molar-refractivity contribution >= 4 is 37.0 Å². The zero-order valence-corrected chi connectivity index (χ0v) is 16.6. The Morgan fingerprint density at radius 3 is 1.87 bits per heavy atom. The second-order valence-electron chi connectivity index (χ2n) is 5.51. The number of esters is 1. The van der Waals surface area contributed by atoms with Gasteiger partial charge in [-0.1, -0.05) is 12.1 Å². The molecule has 0 amide bonds. The first-order valence-electron chi connectivity index (χ1n) is 7.75. The molecule has 0 heterocycles. The van der Waals surface area contributed by atoms with Gasteiger partial charge in [0, 0.05) is 5.39 Å². The average molecular weight is 496 g/mol. The summed E-state index contributed by atoms with van der Waals surface area (Å²) in [5, 5.41) is -0.801. The summed E-state index contributed by atoms with van der Waals surface area (Å²) in [6.45, 7) is 1.06. The summed E-state index contributed by atoms with van der Waals surface area (Å²) in [7, 11) is -12.5. The molecular weight excluding hydrogens is 486 g/mol. The van der Waals surface area contributed by atoms with Gasteiger partial charge in [-0.05, 0) is 30.5 Å². The monoisotopic (exact) mass is 496 g/mol. The molecule has 0 atom stereocenters. The van der Waals surface area contributed by atoms with Crippen molar-refractivity contribution < 1.29 is 61.1 Å². The third-order valence-electron chi connectivity index (χ3n) is 3.40. The lowest BCUT2D eigenvalue weighted by Crippen LogP contribution is -2.29. The van der Waals surface area contributed by atoms with Crippen LogP contribution in [0, 0.1) is 0 Å². The number of benzene rings is 2. The maximum atomic E-state index is 12.7. The highest BCUT2D eigenvalue weighted by molar-refractivity contribution is 7.88. The van der Waals surface area contributed by atoms with E-state index in [0.29, 0.717) is 6.07 Å². The minimum atomic E-state index is -6.31. The predicted molar refractivity (Wildman–Crippen MR) is 91.1 cm³/mol. The highest BCUT2D eigenvalue weighted by Gasteiger charge is 2.50. The lowest BCUT2D eigenvalue weighted by atomic mass is 10.1. The first-order valence-corrected chi connectivity index (χ1v) is 10.6. The Kier molecular flexibility index (Phi) is 6.38. The average Bonchev–Trinajstić information content (AvgIpc) is 2.59. The second kappa shape index (κ2) is 8.07. The predicted octanol–water partition coefficient (Wildman–Crippen LogP) is 3.47. The van der Waals surface area contributed by atoms with E-state index in [-0.39, 0.29) is 12.0 Å². The van der Waals surface area contributed by atoms with Gasteiger partial charge < -0.3 is 13.1 Å². The van der Waals surface area contributed by atoms with Gasteiger partial charge in [0.1, 0.15) is 5.56 Å². The van der Waals surface area contributed by atoms with Gasteiger partial charge in [-0.2, -0.15) is 43.2 Å². The van der Waals surface area contributed by atoms with Crippen LogP contribution in [-0.4, -0.2) is 40.4 Å². The van der Waals surface area contributed by atoms with Crippen molar-refractivity contribution in [2.45, 2.75) is 17.9 Å². The van der Waals surface area contributed by atoms with E-state index >= 15 is 0 Å². The molecule has 0 bridgehead atoms. The number of fused-ring (bicyclic) bond motifs is 1. The Bertz CT molecular complexity index is 1220. The van der Waals surface area contributed by atoms with Crippen LogP contribution >= 0.6 is 0 Å². The van der Waals surface area contributed by atoms with E-state index in [4.69, 9.17) is 0 Å². The summed E-state index contributed by atoms with van der Waals surface area (Å²) in [6.07, 6.45) is 0. The van der Waals surface area contributed by atoms with Crippen molar-refractivity contribution in [3.63, 3.8) is 0 Å². The number of ether oxygens (including phenoxy) is 1. The van der Waals surface area contributed by atoms with Crippen LogP contribution in [0.5, 0.6) is 11.5 Å². The molecule has 0 unspecified atom stereocenters. The van der Waals surface area contributed by atoms with Crippen molar-refractivity contribution in [1.82, 2.24) is 0 Å². The summed E-state index contributed by atoms with van der Waals surface area (Å²) >= 11 is 0. The van der Waals surface area contributed by atoms with Crippen LogP contribution in [-0.2, 0) is 25.0 Å². The topological polar surface area (TPSA) is 113 Å². The highest BCUT2D eigenvalue weighted by Crippen LogP contribution is 2.37. The van der Waals surface area contributed by atoms with Crippen molar-refractivity contribution in [2.24, 2.45) is 0 Å². The van der Waals surface area contributed by atoms with E-state index in [2.05, 4.69) is 13.1 Å². The molecule has 0 aromatic heterocycles. The zero-order valence-electron chi connectivity index (χ0n) is 14.9. The molecule has 31 heavy (non-hydrogen) atoms. The van der Waals surface area contributed by atoms with E-state index in [0.717, 1.165) is 24.3 Å². The number of rotatable bonds is 6. The Hall–Kier alpha value is -2.75. The molecular formula is C15H10F6O8S2. The fourth-order valence-electron chi connectivity index (χ4n) is 2.12. The molecule has 0 radical (unpaired) electrons. The van der Waals surface area contributed by atoms with Crippen LogP contribution in [0.2, 0.25) is 0 Å². The fraction of sp³-hybridized carbons (Fsp3) is 0.267. The molecule has 2 aromatic rings. The van der Waals surface area contributed by atoms with Gasteiger partial charge in [0.2, 0.25) is 0 Å². The van der Waals surface area contributed by atoms with Gasteiger partial charge in [-0.3, -0.25) is 0 Å². The van der Waals surface area contributed by atoms with Gasteiger partial charge in [-0.15, -0.1) is 0 Å². The van der Waals surface area contributed by atoms with Crippen LogP contribution in [0.15, 0.2) is 30.3 Å². The molecule has 8 nitrogen and oxygen atoms in total. The molecule has 0 fully saturated rings. The van der Waals surface area contributed by atoms with E-state index in [1.165, 1.54) is 6.92 Å². The second-order valence-corrected chi connectivity index (χ2v) is 8.59. The van der Waals surface area contributed by atoms with Crippen molar-refractivity contribution in [3.05, 3.63) is 35.9 Å². The molecule has 0 aliphatic carbocycles. The van der Waals surface area contributed by atoms with Crippen LogP contribution in [0.4, 0.5) is 26.3 Å². The number of carbonyl (C=O) groups is 1. The van der Waals surface area contributed by atoms with Crippen molar-refractivity contribution in [3.8, 4) is 11.5 Å². The first-order chi connectivity index (χ1) is 14.0. The fourth-order valence-corrected chi connectivity index (χ4v) is 3.06. The van der Waals surface area contributed by atoms with E-state index < -0.39 is 59.7 Å². The molecule has 16 heteroatoms. The van der Waals surface area contributed by atoms with Crippen LogP contribution in [0.25, 0.3) is 10.8 Å². The van der Waals surface area contributed by atoms with Crippen molar-refractivity contribution in [1.29, 1.82) is 0 Å². The summed E-state index contributed by atoms with van der Waals surface area (Å²) in [4.78, 5) is 12.0. The molecule has 172 valence electrons. The minimum Gasteiger partial charge on any atom is -0.462 e. The van der Waals surface area contributed by atoms with Crippen molar-refractivity contribution in [2.75, 3.05) is 6.61 Å². The molecule has 2 rings (SSSR count). The van der Waals surface area contributed by atoms with Gasteiger partial charge in [0.25, 0.3) is 0 Å². The van der Waals surface area contributed by atoms with Gasteiger partial charge >= 0.3 is 37.2 Å². The molecule has 0 saturated carbocycles. The molecule has 0 spiro atoms. The highest BCUT2D eigenvalue weighted by atomic mass is 32.2. The van der Waals surface area contributed by atoms with E-state index in [1.807, 2.05) is 0 Å².